The molecule has 0 aliphatic carbocycles. The number of allylic oxidation sites excluding steroid dienone is 1. The molecule has 0 aromatic heterocycles. The Morgan fingerprint density at radius 3 is 2.20 bits per heavy atom. The minimum absolute atomic E-state index is 0.0370. The van der Waals surface area contributed by atoms with Gasteiger partial charge in [0.05, 0.1) is 0 Å². The molecule has 5 heavy (non-hydrogen) atoms. The normalized spacial score (nSPS) is 6.80. The van der Waals surface area contributed by atoms with E-state index in [0.717, 1.165) is 0 Å². The van der Waals surface area contributed by atoms with Crippen LogP contribution in [0, 0.1) is 0 Å². The van der Waals surface area contributed by atoms with Crippen LogP contribution in [0.15, 0.2) is 12.7 Å². The molecule has 0 radical (unpaired) electrons. The number of carbonyl (C=O) groups is 1. The zero-order valence-electron chi connectivity index (χ0n) is 2.49. The number of rotatable bonds is 1. The number of carbonyl (C=O) groups excluding carboxylic acids is 1. The summed E-state index contributed by atoms with van der Waals surface area (Å²) >= 11 is 1.81. The van der Waals surface area contributed by atoms with Gasteiger partial charge in [-0.3, -0.25) is 0 Å². The van der Waals surface area contributed by atoms with E-state index in [1.54, 1.807) is 21.1 Å². The Morgan fingerprint density at radius 2 is 2.20 bits per heavy atom. The predicted molar refractivity (Wildman–Crippen MR) is 15.2 cm³/mol. The quantitative estimate of drug-likeness (QED) is 0.483. The molecule has 0 aliphatic rings. The standard InChI is InChI=1S/C3H3O.Au/c1-2-3-4;/h2H,1H2;. The Bertz CT molecular complexity index is 57.9. The third-order valence-corrected chi connectivity index (χ3v) is 0.587. The maximum absolute atomic E-state index is 9.67. The van der Waals surface area contributed by atoms with Gasteiger partial charge in [0.25, 0.3) is 0 Å². The van der Waals surface area contributed by atoms with E-state index in [1.807, 2.05) is 0 Å². The van der Waals surface area contributed by atoms with Crippen LogP contribution in [0.3, 0.4) is 0 Å². The number of hydrogen-bond acceptors (Lipinski definition) is 1. The van der Waals surface area contributed by atoms with Crippen molar-refractivity contribution in [2.24, 2.45) is 0 Å². The summed E-state index contributed by atoms with van der Waals surface area (Å²) in [5, 5.41) is 0. The van der Waals surface area contributed by atoms with Gasteiger partial charge in [-0.15, -0.1) is 0 Å². The van der Waals surface area contributed by atoms with Crippen molar-refractivity contribution in [3.8, 4) is 0 Å². The average molecular weight is 252 g/mol. The summed E-state index contributed by atoms with van der Waals surface area (Å²) in [6.07, 6.45) is 1.25. The molecule has 0 amide bonds. The van der Waals surface area contributed by atoms with E-state index >= 15 is 0 Å². The van der Waals surface area contributed by atoms with Crippen LogP contribution in [0.1, 0.15) is 0 Å². The molecule has 0 aromatic carbocycles. The van der Waals surface area contributed by atoms with E-state index in [2.05, 4.69) is 6.58 Å². The molecule has 0 rings (SSSR count). The Hall–Kier alpha value is 0.150. The molecule has 0 bridgehead atoms. The maximum atomic E-state index is 9.67. The van der Waals surface area contributed by atoms with Crippen LogP contribution in [0.5, 0.6) is 0 Å². The van der Waals surface area contributed by atoms with Crippen LogP contribution in [0.25, 0.3) is 0 Å². The van der Waals surface area contributed by atoms with E-state index in [0.29, 0.717) is 0 Å². The fourth-order valence-corrected chi connectivity index (χ4v) is 0. The van der Waals surface area contributed by atoms with Crippen molar-refractivity contribution < 1.29 is 25.9 Å². The van der Waals surface area contributed by atoms with Crippen molar-refractivity contribution in [2.45, 2.75) is 0 Å². The van der Waals surface area contributed by atoms with Crippen LogP contribution in [-0.2, 0) is 25.9 Å². The summed E-state index contributed by atoms with van der Waals surface area (Å²) in [5.41, 5.74) is 0. The SMILES string of the molecule is C=C[C](=O)[Au]. The molecule has 0 atom stereocenters. The second-order valence-corrected chi connectivity index (χ2v) is 1.54. The van der Waals surface area contributed by atoms with Gasteiger partial charge >= 0.3 is 42.5 Å². The Balaban J connectivity index is 3.20. The van der Waals surface area contributed by atoms with Gasteiger partial charge in [-0.05, 0) is 0 Å². The Kier molecular flexibility index (Phi) is 2.46. The summed E-state index contributed by atoms with van der Waals surface area (Å²) < 4.78 is -0.0370. The van der Waals surface area contributed by atoms with Crippen molar-refractivity contribution in [3.63, 3.8) is 0 Å². The fourth-order valence-electron chi connectivity index (χ4n) is 0. The summed E-state index contributed by atoms with van der Waals surface area (Å²) in [4.78, 5) is 9.67. The molecule has 1 nitrogen and oxygen atoms in total. The summed E-state index contributed by atoms with van der Waals surface area (Å²) in [6, 6.07) is 0. The van der Waals surface area contributed by atoms with Gasteiger partial charge in [0.15, 0.2) is 0 Å². The molecule has 2 heteroatoms. The monoisotopic (exact) mass is 252 g/mol. The first-order chi connectivity index (χ1) is 2.27. The third-order valence-electron chi connectivity index (χ3n) is 0.145. The molecule has 0 N–H and O–H groups in total. The van der Waals surface area contributed by atoms with Gasteiger partial charge in [-0.25, -0.2) is 0 Å². The van der Waals surface area contributed by atoms with E-state index in [4.69, 9.17) is 0 Å². The van der Waals surface area contributed by atoms with Crippen LogP contribution < -0.4 is 0 Å². The zero-order valence-corrected chi connectivity index (χ0v) is 4.66. The van der Waals surface area contributed by atoms with Crippen LogP contribution >= 0.6 is 0 Å². The zero-order chi connectivity index (χ0) is 4.28. The molecular weight excluding hydrogens is 249 g/mol. The second-order valence-electron chi connectivity index (χ2n) is 0.471. The molecule has 0 saturated heterocycles. The van der Waals surface area contributed by atoms with Crippen LogP contribution in [0.2, 0.25) is 0 Å². The Labute approximate surface area is 43.0 Å². The molecule has 0 spiro atoms. The van der Waals surface area contributed by atoms with Crippen molar-refractivity contribution in [1.29, 1.82) is 0 Å². The van der Waals surface area contributed by atoms with Crippen LogP contribution in [-0.4, -0.2) is 4.00 Å². The first-order valence-corrected chi connectivity index (χ1v) is 2.14. The van der Waals surface area contributed by atoms with E-state index in [1.165, 1.54) is 6.08 Å². The van der Waals surface area contributed by atoms with Gasteiger partial charge in [-0.2, -0.15) is 0 Å². The first-order valence-electron chi connectivity index (χ1n) is 1.05. The topological polar surface area (TPSA) is 17.1 Å². The Morgan fingerprint density at radius 1 is 2.00 bits per heavy atom. The minimum atomic E-state index is -0.0370. The molecule has 0 unspecified atom stereocenters. The van der Waals surface area contributed by atoms with E-state index in [9.17, 15) is 4.79 Å². The van der Waals surface area contributed by atoms with Gasteiger partial charge in [-0.1, -0.05) is 0 Å². The molecular formula is C3H3AuO. The van der Waals surface area contributed by atoms with Gasteiger partial charge < -0.3 is 0 Å². The third kappa shape index (κ3) is 4.15. The van der Waals surface area contributed by atoms with E-state index in [-0.39, 0.29) is 4.00 Å². The summed E-state index contributed by atoms with van der Waals surface area (Å²) in [6.45, 7) is 3.20. The molecule has 0 fully saturated rings. The summed E-state index contributed by atoms with van der Waals surface area (Å²) in [5.74, 6) is 0. The fraction of sp³-hybridized carbons (Fsp3) is 0. The van der Waals surface area contributed by atoms with Crippen molar-refractivity contribution >= 4 is 4.00 Å². The molecule has 0 aromatic rings. The number of hydrogen-bond donors (Lipinski definition) is 0. The van der Waals surface area contributed by atoms with Gasteiger partial charge in [0.2, 0.25) is 0 Å². The molecule has 0 heterocycles. The molecule has 0 aliphatic heterocycles. The molecule has 0 saturated carbocycles. The van der Waals surface area contributed by atoms with Crippen molar-refractivity contribution in [3.05, 3.63) is 12.7 Å². The van der Waals surface area contributed by atoms with Crippen molar-refractivity contribution in [2.75, 3.05) is 0 Å². The molecule has 32 valence electrons. The van der Waals surface area contributed by atoms with Crippen LogP contribution in [0.4, 0.5) is 0 Å². The van der Waals surface area contributed by atoms with Gasteiger partial charge in [0.1, 0.15) is 0 Å². The predicted octanol–water partition coefficient (Wildman–Crippen LogP) is 0.246. The first kappa shape index (κ1) is 5.15. The van der Waals surface area contributed by atoms with Crippen molar-refractivity contribution in [1.82, 2.24) is 0 Å². The van der Waals surface area contributed by atoms with Gasteiger partial charge in [0, 0.05) is 0 Å². The average Bonchev–Trinajstić information content (AvgIpc) is 1.38. The second kappa shape index (κ2) is 2.39. The van der Waals surface area contributed by atoms with E-state index < -0.39 is 0 Å². The summed E-state index contributed by atoms with van der Waals surface area (Å²) in [7, 11) is 0.